The second-order valence-corrected chi connectivity index (χ2v) is 7.24. The molecule has 1 aliphatic rings. The van der Waals surface area contributed by atoms with Gasteiger partial charge in [0.15, 0.2) is 6.10 Å². The van der Waals surface area contributed by atoms with Crippen LogP contribution in [0.4, 0.5) is 11.5 Å². The minimum atomic E-state index is -0.635. The van der Waals surface area contributed by atoms with Crippen LogP contribution in [0.2, 0.25) is 0 Å². The van der Waals surface area contributed by atoms with Gasteiger partial charge in [-0.2, -0.15) is 5.10 Å². The Hall–Kier alpha value is -3.61. The van der Waals surface area contributed by atoms with Crippen molar-refractivity contribution in [2.75, 3.05) is 16.8 Å². The maximum absolute atomic E-state index is 12.7. The van der Waals surface area contributed by atoms with Crippen molar-refractivity contribution in [2.24, 2.45) is 0 Å². The van der Waals surface area contributed by atoms with Gasteiger partial charge in [0.2, 0.25) is 5.91 Å². The molecule has 0 radical (unpaired) electrons. The summed E-state index contributed by atoms with van der Waals surface area (Å²) in [6, 6.07) is 17.3. The van der Waals surface area contributed by atoms with E-state index in [1.807, 2.05) is 12.1 Å². The molecular formula is C23H24N4O3. The molecule has 0 aliphatic carbocycles. The highest BCUT2D eigenvalue weighted by Gasteiger charge is 2.32. The zero-order valence-corrected chi connectivity index (χ0v) is 17.0. The molecule has 2 aromatic carbocycles. The Morgan fingerprint density at radius 1 is 1.10 bits per heavy atom. The van der Waals surface area contributed by atoms with Gasteiger partial charge >= 0.3 is 0 Å². The lowest BCUT2D eigenvalue weighted by molar-refractivity contribution is -0.127. The van der Waals surface area contributed by atoms with Gasteiger partial charge in [0.05, 0.1) is 18.4 Å². The molecule has 7 nitrogen and oxygen atoms in total. The fourth-order valence-electron chi connectivity index (χ4n) is 3.47. The molecule has 7 heteroatoms. The fourth-order valence-corrected chi connectivity index (χ4v) is 3.47. The standard InChI is InChI=1S/C23H24N4O3/c1-3-17-8-10-18(11-9-17)14-27-21(12-13-24-27)25-22(28)15-26-19-6-4-5-7-20(19)30-16(2)23(26)29/h4-13,16H,3,14-15H2,1-2H3,(H,25,28). The SMILES string of the molecule is CCc1ccc(Cn2nccc2NC(=O)CN2C(=O)C(C)Oc3ccccc32)cc1. The molecule has 0 fully saturated rings. The maximum Gasteiger partial charge on any atom is 0.268 e. The first-order valence-electron chi connectivity index (χ1n) is 10.0. The van der Waals surface area contributed by atoms with Crippen molar-refractivity contribution in [1.82, 2.24) is 9.78 Å². The van der Waals surface area contributed by atoms with Crippen LogP contribution in [0.25, 0.3) is 0 Å². The molecule has 3 aromatic rings. The largest absolute Gasteiger partial charge is 0.479 e. The Labute approximate surface area is 175 Å². The lowest BCUT2D eigenvalue weighted by Gasteiger charge is -2.32. The van der Waals surface area contributed by atoms with Gasteiger partial charge in [-0.1, -0.05) is 43.3 Å². The monoisotopic (exact) mass is 404 g/mol. The third kappa shape index (κ3) is 4.05. The minimum Gasteiger partial charge on any atom is -0.479 e. The van der Waals surface area contributed by atoms with E-state index in [9.17, 15) is 9.59 Å². The molecule has 2 heterocycles. The highest BCUT2D eigenvalue weighted by atomic mass is 16.5. The first-order valence-corrected chi connectivity index (χ1v) is 10.0. The number of fused-ring (bicyclic) bond motifs is 1. The zero-order chi connectivity index (χ0) is 21.1. The third-order valence-electron chi connectivity index (χ3n) is 5.12. The predicted molar refractivity (Wildman–Crippen MR) is 115 cm³/mol. The number of benzene rings is 2. The molecule has 1 N–H and O–H groups in total. The number of hydrogen-bond acceptors (Lipinski definition) is 4. The molecule has 0 saturated carbocycles. The van der Waals surface area contributed by atoms with Crippen LogP contribution in [-0.2, 0) is 22.6 Å². The minimum absolute atomic E-state index is 0.0973. The van der Waals surface area contributed by atoms with Crippen LogP contribution in [0.3, 0.4) is 0 Å². The van der Waals surface area contributed by atoms with Crippen LogP contribution in [0.5, 0.6) is 5.75 Å². The summed E-state index contributed by atoms with van der Waals surface area (Å²) < 4.78 is 7.36. The van der Waals surface area contributed by atoms with Gasteiger partial charge in [0.1, 0.15) is 18.1 Å². The first-order chi connectivity index (χ1) is 14.5. The van der Waals surface area contributed by atoms with Gasteiger partial charge < -0.3 is 10.1 Å². The topological polar surface area (TPSA) is 76.5 Å². The smallest absolute Gasteiger partial charge is 0.268 e. The summed E-state index contributed by atoms with van der Waals surface area (Å²) in [4.78, 5) is 26.8. The molecular weight excluding hydrogens is 380 g/mol. The number of nitrogens with one attached hydrogen (secondary N) is 1. The van der Waals surface area contributed by atoms with E-state index in [0.717, 1.165) is 12.0 Å². The number of para-hydroxylation sites is 2. The van der Waals surface area contributed by atoms with Crippen LogP contribution in [-0.4, -0.2) is 34.2 Å². The summed E-state index contributed by atoms with van der Waals surface area (Å²) in [5.74, 6) is 0.642. The Morgan fingerprint density at radius 3 is 2.60 bits per heavy atom. The van der Waals surface area contributed by atoms with Crippen LogP contribution >= 0.6 is 0 Å². The van der Waals surface area contributed by atoms with Gasteiger partial charge in [0.25, 0.3) is 5.91 Å². The quantitative estimate of drug-likeness (QED) is 0.684. The zero-order valence-electron chi connectivity index (χ0n) is 17.0. The number of amides is 2. The van der Waals surface area contributed by atoms with E-state index >= 15 is 0 Å². The van der Waals surface area contributed by atoms with Crippen LogP contribution in [0.1, 0.15) is 25.0 Å². The number of nitrogens with zero attached hydrogens (tertiary/aromatic N) is 3. The van der Waals surface area contributed by atoms with Crippen LogP contribution in [0, 0.1) is 0 Å². The van der Waals surface area contributed by atoms with E-state index in [0.29, 0.717) is 23.8 Å². The molecule has 1 aromatic heterocycles. The van der Waals surface area contributed by atoms with Gasteiger partial charge in [-0.25, -0.2) is 4.68 Å². The number of aryl methyl sites for hydroxylation is 1. The Bertz CT molecular complexity index is 1060. The number of carbonyl (C=O) groups is 2. The molecule has 30 heavy (non-hydrogen) atoms. The van der Waals surface area contributed by atoms with Crippen molar-refractivity contribution in [3.05, 3.63) is 71.9 Å². The number of hydrogen-bond donors (Lipinski definition) is 1. The normalized spacial score (nSPS) is 15.5. The second-order valence-electron chi connectivity index (χ2n) is 7.24. The molecule has 1 aliphatic heterocycles. The highest BCUT2D eigenvalue weighted by Crippen LogP contribution is 2.33. The van der Waals surface area contributed by atoms with E-state index in [-0.39, 0.29) is 18.4 Å². The molecule has 0 spiro atoms. The first kappa shape index (κ1) is 19.7. The molecule has 0 saturated heterocycles. The Balaban J connectivity index is 1.46. The molecule has 0 bridgehead atoms. The van der Waals surface area contributed by atoms with E-state index in [1.54, 1.807) is 36.0 Å². The van der Waals surface area contributed by atoms with Crippen molar-refractivity contribution in [2.45, 2.75) is 32.9 Å². The lowest BCUT2D eigenvalue weighted by atomic mass is 10.1. The van der Waals surface area contributed by atoms with Crippen molar-refractivity contribution >= 4 is 23.3 Å². The third-order valence-corrected chi connectivity index (χ3v) is 5.12. The van der Waals surface area contributed by atoms with E-state index < -0.39 is 6.10 Å². The van der Waals surface area contributed by atoms with Gasteiger partial charge in [0, 0.05) is 6.07 Å². The van der Waals surface area contributed by atoms with Gasteiger partial charge in [-0.3, -0.25) is 14.5 Å². The summed E-state index contributed by atoms with van der Waals surface area (Å²) in [7, 11) is 0. The molecule has 1 unspecified atom stereocenters. The summed E-state index contributed by atoms with van der Waals surface area (Å²) in [5.41, 5.74) is 2.97. The van der Waals surface area contributed by atoms with E-state index in [4.69, 9.17) is 4.74 Å². The molecule has 2 amide bonds. The summed E-state index contributed by atoms with van der Waals surface area (Å²) in [6.45, 7) is 4.25. The number of rotatable bonds is 6. The van der Waals surface area contributed by atoms with Crippen molar-refractivity contribution in [3.63, 3.8) is 0 Å². The van der Waals surface area contributed by atoms with E-state index in [2.05, 4.69) is 41.6 Å². The maximum atomic E-state index is 12.7. The molecule has 154 valence electrons. The predicted octanol–water partition coefficient (Wildman–Crippen LogP) is 3.25. The van der Waals surface area contributed by atoms with Crippen molar-refractivity contribution in [3.8, 4) is 5.75 Å². The average Bonchev–Trinajstić information content (AvgIpc) is 3.18. The van der Waals surface area contributed by atoms with Crippen molar-refractivity contribution < 1.29 is 14.3 Å². The summed E-state index contributed by atoms with van der Waals surface area (Å²) >= 11 is 0. The number of aromatic nitrogens is 2. The summed E-state index contributed by atoms with van der Waals surface area (Å²) in [5, 5.41) is 7.19. The average molecular weight is 404 g/mol. The van der Waals surface area contributed by atoms with Crippen LogP contribution < -0.4 is 15.0 Å². The number of anilines is 2. The Morgan fingerprint density at radius 2 is 1.83 bits per heavy atom. The van der Waals surface area contributed by atoms with Gasteiger partial charge in [-0.15, -0.1) is 0 Å². The number of ether oxygens (including phenoxy) is 1. The van der Waals surface area contributed by atoms with Gasteiger partial charge in [-0.05, 0) is 36.6 Å². The highest BCUT2D eigenvalue weighted by molar-refractivity contribution is 6.05. The van der Waals surface area contributed by atoms with Crippen LogP contribution in [0.15, 0.2) is 60.8 Å². The fraction of sp³-hybridized carbons (Fsp3) is 0.261. The van der Waals surface area contributed by atoms with Crippen molar-refractivity contribution in [1.29, 1.82) is 0 Å². The second kappa shape index (κ2) is 8.41. The van der Waals surface area contributed by atoms with E-state index in [1.165, 1.54) is 10.5 Å². The molecule has 4 rings (SSSR count). The summed E-state index contributed by atoms with van der Waals surface area (Å²) in [6.07, 6.45) is 2.00. The number of carbonyl (C=O) groups excluding carboxylic acids is 2. The Kier molecular flexibility index (Phi) is 5.52. The molecule has 1 atom stereocenters. The lowest BCUT2D eigenvalue weighted by Crippen LogP contribution is -2.47.